The van der Waals surface area contributed by atoms with E-state index in [0.717, 1.165) is 12.5 Å². The van der Waals surface area contributed by atoms with E-state index in [2.05, 4.69) is 46.1 Å². The van der Waals surface area contributed by atoms with Gasteiger partial charge in [-0.2, -0.15) is 0 Å². The number of benzene rings is 1. The van der Waals surface area contributed by atoms with E-state index in [1.807, 2.05) is 38.3 Å². The smallest absolute Gasteiger partial charge is 0.204 e. The molecule has 0 saturated carbocycles. The number of nitrogens with one attached hydrogen (secondary N) is 1. The third kappa shape index (κ3) is 3.15. The average molecular weight is 258 g/mol. The van der Waals surface area contributed by atoms with Crippen molar-refractivity contribution in [2.45, 2.75) is 19.5 Å². The van der Waals surface area contributed by atoms with Gasteiger partial charge in [0.2, 0.25) is 5.95 Å². The van der Waals surface area contributed by atoms with Gasteiger partial charge in [-0.15, -0.1) is 0 Å². The van der Waals surface area contributed by atoms with E-state index in [1.54, 1.807) is 0 Å². The van der Waals surface area contributed by atoms with Crippen molar-refractivity contribution in [2.24, 2.45) is 7.05 Å². The lowest BCUT2D eigenvalue weighted by molar-refractivity contribution is 0.558. The molecule has 2 rings (SSSR count). The molecule has 0 amide bonds. The number of hydrogen-bond acceptors (Lipinski definition) is 3. The first-order chi connectivity index (χ1) is 9.09. The molecule has 0 fully saturated rings. The Kier molecular flexibility index (Phi) is 4.22. The van der Waals surface area contributed by atoms with Gasteiger partial charge in [-0.05, 0) is 12.5 Å². The predicted molar refractivity (Wildman–Crippen MR) is 79.2 cm³/mol. The van der Waals surface area contributed by atoms with Crippen molar-refractivity contribution in [2.75, 3.05) is 19.0 Å². The Bertz CT molecular complexity index is 516. The highest BCUT2D eigenvalue weighted by Gasteiger charge is 2.09. The maximum absolute atomic E-state index is 4.41. The van der Waals surface area contributed by atoms with Gasteiger partial charge in [0.1, 0.15) is 0 Å². The molecule has 1 heterocycles. The zero-order valence-electron chi connectivity index (χ0n) is 12.1. The van der Waals surface area contributed by atoms with Gasteiger partial charge < -0.3 is 14.8 Å². The molecule has 19 heavy (non-hydrogen) atoms. The molecule has 0 saturated heterocycles. The van der Waals surface area contributed by atoms with Crippen LogP contribution >= 0.6 is 0 Å². The predicted octanol–water partition coefficient (Wildman–Crippen LogP) is 2.34. The van der Waals surface area contributed by atoms with Crippen LogP contribution in [0.3, 0.4) is 0 Å². The largest absolute Gasteiger partial charge is 0.348 e. The monoisotopic (exact) mass is 258 g/mol. The van der Waals surface area contributed by atoms with E-state index >= 15 is 0 Å². The van der Waals surface area contributed by atoms with E-state index in [-0.39, 0.29) is 0 Å². The molecular weight excluding hydrogens is 236 g/mol. The lowest BCUT2D eigenvalue weighted by Crippen LogP contribution is -2.20. The topological polar surface area (TPSA) is 33.1 Å². The van der Waals surface area contributed by atoms with Crippen LogP contribution in [0.5, 0.6) is 0 Å². The minimum atomic E-state index is 0.332. The maximum atomic E-state index is 4.41. The van der Waals surface area contributed by atoms with Gasteiger partial charge >= 0.3 is 0 Å². The van der Waals surface area contributed by atoms with Gasteiger partial charge in [-0.3, -0.25) is 0 Å². The maximum Gasteiger partial charge on any atom is 0.204 e. The molecule has 0 spiro atoms. The molecule has 0 radical (unpaired) electrons. The van der Waals surface area contributed by atoms with E-state index in [0.29, 0.717) is 6.04 Å². The first kappa shape index (κ1) is 13.6. The summed E-state index contributed by atoms with van der Waals surface area (Å²) in [5.41, 5.74) is 2.49. The normalized spacial score (nSPS) is 12.4. The fourth-order valence-corrected chi connectivity index (χ4v) is 2.13. The molecule has 4 nitrogen and oxygen atoms in total. The van der Waals surface area contributed by atoms with E-state index in [1.165, 1.54) is 11.3 Å². The summed E-state index contributed by atoms with van der Waals surface area (Å²) in [7, 11) is 6.06. The van der Waals surface area contributed by atoms with Gasteiger partial charge in [0, 0.05) is 33.7 Å². The molecule has 0 aliphatic heterocycles. The first-order valence-corrected chi connectivity index (χ1v) is 6.56. The number of hydrogen-bond donors (Lipinski definition) is 1. The Morgan fingerprint density at radius 1 is 1.26 bits per heavy atom. The van der Waals surface area contributed by atoms with Crippen LogP contribution in [-0.4, -0.2) is 23.6 Å². The highest BCUT2D eigenvalue weighted by molar-refractivity contribution is 5.31. The molecule has 2 aromatic rings. The van der Waals surface area contributed by atoms with Gasteiger partial charge in [0.25, 0.3) is 0 Å². The van der Waals surface area contributed by atoms with Crippen molar-refractivity contribution in [3.8, 4) is 0 Å². The van der Waals surface area contributed by atoms with Crippen molar-refractivity contribution in [1.82, 2.24) is 14.9 Å². The lowest BCUT2D eigenvalue weighted by atomic mass is 10.1. The van der Waals surface area contributed by atoms with Crippen LogP contribution in [-0.2, 0) is 13.6 Å². The number of rotatable bonds is 5. The first-order valence-electron chi connectivity index (χ1n) is 6.56. The Hall–Kier alpha value is -1.81. The SMILES string of the molecule is C[C@@H](NCc1cnc(N(C)C)n1C)c1ccccc1. The number of imidazole rings is 1. The molecule has 102 valence electrons. The third-order valence-corrected chi connectivity index (χ3v) is 3.35. The van der Waals surface area contributed by atoms with Crippen LogP contribution in [0.25, 0.3) is 0 Å². The van der Waals surface area contributed by atoms with Gasteiger partial charge in [-0.1, -0.05) is 30.3 Å². The Morgan fingerprint density at radius 3 is 2.53 bits per heavy atom. The summed E-state index contributed by atoms with van der Waals surface area (Å²) < 4.78 is 2.12. The van der Waals surface area contributed by atoms with Crippen molar-refractivity contribution in [1.29, 1.82) is 0 Å². The molecule has 1 aromatic carbocycles. The van der Waals surface area contributed by atoms with Crippen molar-refractivity contribution >= 4 is 5.95 Å². The minimum absolute atomic E-state index is 0.332. The molecule has 1 atom stereocenters. The van der Waals surface area contributed by atoms with Crippen molar-refractivity contribution < 1.29 is 0 Å². The fraction of sp³-hybridized carbons (Fsp3) is 0.400. The molecule has 1 aromatic heterocycles. The van der Waals surface area contributed by atoms with Crippen LogP contribution in [0, 0.1) is 0 Å². The molecule has 1 N–H and O–H groups in total. The highest BCUT2D eigenvalue weighted by Crippen LogP contribution is 2.14. The van der Waals surface area contributed by atoms with Crippen LogP contribution in [0.2, 0.25) is 0 Å². The molecule has 4 heteroatoms. The second kappa shape index (κ2) is 5.89. The summed E-state index contributed by atoms with van der Waals surface area (Å²) in [5, 5.41) is 3.53. The minimum Gasteiger partial charge on any atom is -0.348 e. The van der Waals surface area contributed by atoms with Crippen LogP contribution < -0.4 is 10.2 Å². The van der Waals surface area contributed by atoms with Crippen molar-refractivity contribution in [3.63, 3.8) is 0 Å². The fourth-order valence-electron chi connectivity index (χ4n) is 2.13. The molecule has 0 bridgehead atoms. The highest BCUT2D eigenvalue weighted by atomic mass is 15.3. The van der Waals surface area contributed by atoms with Crippen LogP contribution in [0.4, 0.5) is 5.95 Å². The number of nitrogens with zero attached hydrogens (tertiary/aromatic N) is 3. The summed E-state index contributed by atoms with van der Waals surface area (Å²) in [6, 6.07) is 10.8. The third-order valence-electron chi connectivity index (χ3n) is 3.35. The summed E-state index contributed by atoms with van der Waals surface area (Å²) in [6.07, 6.45) is 1.93. The molecule has 0 aliphatic rings. The Labute approximate surface area is 115 Å². The van der Waals surface area contributed by atoms with Crippen LogP contribution in [0.1, 0.15) is 24.2 Å². The summed E-state index contributed by atoms with van der Waals surface area (Å²) >= 11 is 0. The summed E-state index contributed by atoms with van der Waals surface area (Å²) in [4.78, 5) is 6.43. The molecule has 0 aliphatic carbocycles. The number of anilines is 1. The van der Waals surface area contributed by atoms with E-state index in [9.17, 15) is 0 Å². The zero-order chi connectivity index (χ0) is 13.8. The van der Waals surface area contributed by atoms with Crippen molar-refractivity contribution in [3.05, 3.63) is 47.8 Å². The second-order valence-electron chi connectivity index (χ2n) is 5.02. The Morgan fingerprint density at radius 2 is 1.95 bits per heavy atom. The van der Waals surface area contributed by atoms with Gasteiger partial charge in [-0.25, -0.2) is 4.98 Å². The zero-order valence-corrected chi connectivity index (χ0v) is 12.1. The Balaban J connectivity index is 1.99. The summed E-state index contributed by atoms with van der Waals surface area (Å²) in [6.45, 7) is 2.99. The quantitative estimate of drug-likeness (QED) is 0.893. The van der Waals surface area contributed by atoms with Gasteiger partial charge in [0.15, 0.2) is 0 Å². The second-order valence-corrected chi connectivity index (χ2v) is 5.02. The lowest BCUT2D eigenvalue weighted by Gasteiger charge is -2.16. The molecular formula is C15H22N4. The van der Waals surface area contributed by atoms with E-state index in [4.69, 9.17) is 0 Å². The summed E-state index contributed by atoms with van der Waals surface area (Å²) in [5.74, 6) is 0.976. The van der Waals surface area contributed by atoms with Gasteiger partial charge in [0.05, 0.1) is 11.9 Å². The average Bonchev–Trinajstić information content (AvgIpc) is 2.78. The molecule has 0 unspecified atom stereocenters. The van der Waals surface area contributed by atoms with Crippen LogP contribution in [0.15, 0.2) is 36.5 Å². The van der Waals surface area contributed by atoms with E-state index < -0.39 is 0 Å². The number of aromatic nitrogens is 2. The standard InChI is InChI=1S/C15H22N4/c1-12(13-8-6-5-7-9-13)16-10-14-11-17-15(18(2)3)19(14)4/h5-9,11-12,16H,10H2,1-4H3/t12-/m1/s1.